The molecular formula is C21H25N5O3S. The van der Waals surface area contributed by atoms with Gasteiger partial charge >= 0.3 is 6.03 Å². The van der Waals surface area contributed by atoms with E-state index in [1.54, 1.807) is 18.4 Å². The summed E-state index contributed by atoms with van der Waals surface area (Å²) in [6, 6.07) is 11.3. The summed E-state index contributed by atoms with van der Waals surface area (Å²) < 4.78 is 10.7. The third kappa shape index (κ3) is 5.87. The highest BCUT2D eigenvalue weighted by atomic mass is 32.2. The molecule has 1 aromatic carbocycles. The van der Waals surface area contributed by atoms with Gasteiger partial charge in [-0.3, -0.25) is 5.10 Å². The molecular weight excluding hydrogens is 402 g/mol. The second-order valence-corrected chi connectivity index (χ2v) is 8.33. The summed E-state index contributed by atoms with van der Waals surface area (Å²) in [5.41, 5.74) is 1.99. The molecule has 8 nitrogen and oxygen atoms in total. The summed E-state index contributed by atoms with van der Waals surface area (Å²) in [7, 11) is 0. The van der Waals surface area contributed by atoms with Gasteiger partial charge in [-0.2, -0.15) is 16.9 Å². The van der Waals surface area contributed by atoms with Crippen LogP contribution < -0.4 is 10.6 Å². The van der Waals surface area contributed by atoms with Crippen LogP contribution in [0, 0.1) is 0 Å². The second-order valence-electron chi connectivity index (χ2n) is 7.04. The molecule has 1 saturated heterocycles. The number of hydrogen-bond acceptors (Lipinski definition) is 6. The number of benzene rings is 1. The van der Waals surface area contributed by atoms with Gasteiger partial charge in [-0.1, -0.05) is 12.1 Å². The van der Waals surface area contributed by atoms with Crippen molar-refractivity contribution in [2.75, 3.05) is 25.1 Å². The van der Waals surface area contributed by atoms with E-state index < -0.39 is 0 Å². The number of H-pyrrole nitrogens is 1. The number of nitrogens with one attached hydrogen (secondary N) is 3. The first-order chi connectivity index (χ1) is 14.8. The number of thioether (sulfide) groups is 1. The van der Waals surface area contributed by atoms with Crippen LogP contribution in [0.5, 0.6) is 0 Å². The molecule has 3 heterocycles. The number of aromatic amines is 1. The molecule has 3 aromatic rings. The number of ether oxygens (including phenoxy) is 1. The van der Waals surface area contributed by atoms with Gasteiger partial charge in [0.1, 0.15) is 5.82 Å². The topological polar surface area (TPSA) is 105 Å². The maximum absolute atomic E-state index is 12.2. The van der Waals surface area contributed by atoms with Crippen LogP contribution in [0.15, 0.2) is 47.1 Å². The van der Waals surface area contributed by atoms with Crippen LogP contribution in [-0.4, -0.2) is 46.2 Å². The van der Waals surface area contributed by atoms with Crippen LogP contribution in [0.1, 0.15) is 24.2 Å². The third-order valence-corrected chi connectivity index (χ3v) is 6.20. The molecule has 0 radical (unpaired) electrons. The Morgan fingerprint density at radius 2 is 2.13 bits per heavy atom. The van der Waals surface area contributed by atoms with Gasteiger partial charge in [0, 0.05) is 42.9 Å². The lowest BCUT2D eigenvalue weighted by molar-refractivity contribution is 0.1000. The van der Waals surface area contributed by atoms with Gasteiger partial charge in [0.15, 0.2) is 5.76 Å². The molecule has 0 unspecified atom stereocenters. The highest BCUT2D eigenvalue weighted by Crippen LogP contribution is 2.26. The SMILES string of the molecule is O=C(NCCc1nc(-c2ccco2)n[nH]1)Nc1cccc(CSC2CCOCC2)c1. The molecule has 0 spiro atoms. The fourth-order valence-corrected chi connectivity index (χ4v) is 4.32. The molecule has 0 atom stereocenters. The van der Waals surface area contributed by atoms with Crippen LogP contribution in [-0.2, 0) is 16.9 Å². The average Bonchev–Trinajstić information content (AvgIpc) is 3.45. The highest BCUT2D eigenvalue weighted by Gasteiger charge is 2.14. The minimum atomic E-state index is -0.241. The molecule has 1 aliphatic rings. The number of anilines is 1. The van der Waals surface area contributed by atoms with Crippen molar-refractivity contribution in [2.24, 2.45) is 0 Å². The summed E-state index contributed by atoms with van der Waals surface area (Å²) in [5.74, 6) is 2.74. The van der Waals surface area contributed by atoms with Gasteiger partial charge in [-0.05, 0) is 42.7 Å². The molecule has 158 valence electrons. The minimum absolute atomic E-state index is 0.241. The molecule has 1 fully saturated rings. The maximum atomic E-state index is 12.2. The van der Waals surface area contributed by atoms with Gasteiger partial charge in [-0.25, -0.2) is 9.78 Å². The van der Waals surface area contributed by atoms with Gasteiger partial charge in [0.2, 0.25) is 5.82 Å². The Kier molecular flexibility index (Phi) is 7.04. The van der Waals surface area contributed by atoms with Crippen molar-refractivity contribution in [3.8, 4) is 11.6 Å². The number of nitrogens with zero attached hydrogens (tertiary/aromatic N) is 2. The van der Waals surface area contributed by atoms with E-state index in [0.717, 1.165) is 37.5 Å². The Labute approximate surface area is 179 Å². The zero-order valence-electron chi connectivity index (χ0n) is 16.6. The normalized spacial score (nSPS) is 14.5. The van der Waals surface area contributed by atoms with E-state index in [-0.39, 0.29) is 6.03 Å². The lowest BCUT2D eigenvalue weighted by Gasteiger charge is -2.21. The summed E-state index contributed by atoms with van der Waals surface area (Å²) >= 11 is 1.96. The summed E-state index contributed by atoms with van der Waals surface area (Å²) in [6.45, 7) is 2.16. The van der Waals surface area contributed by atoms with Crippen molar-refractivity contribution in [1.82, 2.24) is 20.5 Å². The van der Waals surface area contributed by atoms with E-state index in [2.05, 4.69) is 31.9 Å². The Bertz CT molecular complexity index is 938. The summed E-state index contributed by atoms with van der Waals surface area (Å²) in [4.78, 5) is 16.6. The largest absolute Gasteiger partial charge is 0.461 e. The van der Waals surface area contributed by atoms with Gasteiger partial charge in [0.05, 0.1) is 6.26 Å². The predicted molar refractivity (Wildman–Crippen MR) is 116 cm³/mol. The van der Waals surface area contributed by atoms with E-state index >= 15 is 0 Å². The number of urea groups is 1. The molecule has 0 saturated carbocycles. The number of carbonyl (C=O) groups excluding carboxylic acids is 1. The van der Waals surface area contributed by atoms with E-state index in [0.29, 0.717) is 35.6 Å². The van der Waals surface area contributed by atoms with E-state index in [4.69, 9.17) is 9.15 Å². The van der Waals surface area contributed by atoms with Gasteiger partial charge < -0.3 is 19.8 Å². The number of carbonyl (C=O) groups is 1. The number of hydrogen-bond donors (Lipinski definition) is 3. The molecule has 30 heavy (non-hydrogen) atoms. The molecule has 4 rings (SSSR count). The standard InChI is InChI=1S/C21H25N5O3S/c27-21(22-9-6-19-24-20(26-25-19)18-5-2-10-29-18)23-16-4-1-3-15(13-16)14-30-17-7-11-28-12-8-17/h1-5,10,13,17H,6-9,11-12,14H2,(H2,22,23,27)(H,24,25,26). The first-order valence-electron chi connectivity index (χ1n) is 10.0. The van der Waals surface area contributed by atoms with Crippen molar-refractivity contribution < 1.29 is 13.9 Å². The maximum Gasteiger partial charge on any atom is 0.319 e. The van der Waals surface area contributed by atoms with Gasteiger partial charge in [0.25, 0.3) is 0 Å². The van der Waals surface area contributed by atoms with Crippen molar-refractivity contribution in [3.63, 3.8) is 0 Å². The zero-order valence-corrected chi connectivity index (χ0v) is 17.4. The molecule has 2 aromatic heterocycles. The van der Waals surface area contributed by atoms with Crippen molar-refractivity contribution in [2.45, 2.75) is 30.3 Å². The molecule has 0 aliphatic carbocycles. The molecule has 2 amide bonds. The Morgan fingerprint density at radius 1 is 1.23 bits per heavy atom. The zero-order chi connectivity index (χ0) is 20.6. The average molecular weight is 428 g/mol. The lowest BCUT2D eigenvalue weighted by atomic mass is 10.2. The quantitative estimate of drug-likeness (QED) is 0.504. The molecule has 3 N–H and O–H groups in total. The highest BCUT2D eigenvalue weighted by molar-refractivity contribution is 7.99. The summed E-state index contributed by atoms with van der Waals surface area (Å²) in [5, 5.41) is 13.4. The smallest absolute Gasteiger partial charge is 0.319 e. The van der Waals surface area contributed by atoms with Crippen LogP contribution in [0.3, 0.4) is 0 Å². The van der Waals surface area contributed by atoms with E-state index in [1.165, 1.54) is 5.56 Å². The monoisotopic (exact) mass is 427 g/mol. The minimum Gasteiger partial charge on any atom is -0.461 e. The van der Waals surface area contributed by atoms with Crippen molar-refractivity contribution in [3.05, 3.63) is 54.0 Å². The first-order valence-corrected chi connectivity index (χ1v) is 11.1. The van der Waals surface area contributed by atoms with Gasteiger partial charge in [-0.15, -0.1) is 0 Å². The fourth-order valence-electron chi connectivity index (χ4n) is 3.19. The Morgan fingerprint density at radius 3 is 2.97 bits per heavy atom. The number of aromatic nitrogens is 3. The van der Waals surface area contributed by atoms with E-state index in [1.807, 2.05) is 30.0 Å². The van der Waals surface area contributed by atoms with Crippen LogP contribution in [0.25, 0.3) is 11.6 Å². The van der Waals surface area contributed by atoms with Crippen LogP contribution in [0.2, 0.25) is 0 Å². The fraction of sp³-hybridized carbons (Fsp3) is 0.381. The number of furan rings is 1. The number of rotatable bonds is 8. The van der Waals surface area contributed by atoms with Crippen molar-refractivity contribution >= 4 is 23.5 Å². The van der Waals surface area contributed by atoms with Crippen molar-refractivity contribution in [1.29, 1.82) is 0 Å². The molecule has 1 aliphatic heterocycles. The Balaban J connectivity index is 1.20. The predicted octanol–water partition coefficient (Wildman–Crippen LogP) is 3.84. The van der Waals surface area contributed by atoms with Crippen LogP contribution in [0.4, 0.5) is 10.5 Å². The molecule has 0 bridgehead atoms. The summed E-state index contributed by atoms with van der Waals surface area (Å²) in [6.07, 6.45) is 4.34. The number of amides is 2. The first kappa shape index (κ1) is 20.5. The van der Waals surface area contributed by atoms with Crippen LogP contribution >= 0.6 is 11.8 Å². The Hall–Kier alpha value is -2.78. The second kappa shape index (κ2) is 10.3. The lowest BCUT2D eigenvalue weighted by Crippen LogP contribution is -2.30. The third-order valence-electron chi connectivity index (χ3n) is 4.76. The van der Waals surface area contributed by atoms with E-state index in [9.17, 15) is 4.79 Å². The molecule has 9 heteroatoms.